The minimum atomic E-state index is 0.118. The molecule has 3 heteroatoms. The Hall–Kier alpha value is -2.23. The van der Waals surface area contributed by atoms with Gasteiger partial charge in [0.2, 0.25) is 0 Å². The Labute approximate surface area is 123 Å². The molecule has 21 heavy (non-hydrogen) atoms. The third-order valence-corrected chi connectivity index (χ3v) is 4.49. The Bertz CT molecular complexity index is 792. The first-order chi connectivity index (χ1) is 10.4. The number of benzene rings is 2. The van der Waals surface area contributed by atoms with Crippen molar-refractivity contribution in [2.45, 2.75) is 18.4 Å². The van der Waals surface area contributed by atoms with Gasteiger partial charge in [-0.05, 0) is 35.2 Å². The van der Waals surface area contributed by atoms with Crippen LogP contribution >= 0.6 is 0 Å². The molecular weight excluding hydrogens is 258 g/mol. The minimum absolute atomic E-state index is 0.118. The molecule has 0 saturated carbocycles. The van der Waals surface area contributed by atoms with Crippen LogP contribution in [0.5, 0.6) is 0 Å². The van der Waals surface area contributed by atoms with Gasteiger partial charge in [-0.15, -0.1) is 0 Å². The molecule has 0 amide bonds. The number of aromatic nitrogens is 1. The highest BCUT2D eigenvalue weighted by Crippen LogP contribution is 2.44. The summed E-state index contributed by atoms with van der Waals surface area (Å²) in [5.41, 5.74) is 8.10. The summed E-state index contributed by atoms with van der Waals surface area (Å²) in [6.07, 6.45) is 2.90. The van der Waals surface area contributed by atoms with Crippen LogP contribution in [0.1, 0.15) is 28.7 Å². The Morgan fingerprint density at radius 2 is 1.95 bits per heavy atom. The second-order valence-electron chi connectivity index (χ2n) is 5.57. The van der Waals surface area contributed by atoms with Gasteiger partial charge in [-0.3, -0.25) is 16.3 Å². The fourth-order valence-corrected chi connectivity index (χ4v) is 3.42. The highest BCUT2D eigenvalue weighted by Gasteiger charge is 2.33. The van der Waals surface area contributed by atoms with Gasteiger partial charge in [0.05, 0.1) is 11.6 Å². The van der Waals surface area contributed by atoms with Crippen molar-refractivity contribution in [2.75, 3.05) is 0 Å². The van der Waals surface area contributed by atoms with Crippen molar-refractivity contribution in [1.82, 2.24) is 10.4 Å². The van der Waals surface area contributed by atoms with Crippen molar-refractivity contribution in [3.05, 3.63) is 77.5 Å². The molecule has 0 saturated heterocycles. The molecule has 4 rings (SSSR count). The molecule has 1 aromatic heterocycles. The van der Waals surface area contributed by atoms with E-state index in [1.165, 1.54) is 22.1 Å². The molecule has 0 spiro atoms. The van der Waals surface area contributed by atoms with E-state index in [2.05, 4.69) is 52.9 Å². The molecule has 2 aromatic carbocycles. The highest BCUT2D eigenvalue weighted by molar-refractivity contribution is 5.82. The first-order valence-electron chi connectivity index (χ1n) is 7.26. The van der Waals surface area contributed by atoms with Crippen molar-refractivity contribution in [1.29, 1.82) is 0 Å². The van der Waals surface area contributed by atoms with E-state index in [-0.39, 0.29) is 6.04 Å². The summed E-state index contributed by atoms with van der Waals surface area (Å²) >= 11 is 0. The molecule has 2 unspecified atom stereocenters. The number of fused-ring (bicyclic) bond motifs is 2. The van der Waals surface area contributed by atoms with Crippen molar-refractivity contribution in [3.8, 4) is 0 Å². The van der Waals surface area contributed by atoms with Crippen molar-refractivity contribution in [2.24, 2.45) is 5.84 Å². The third kappa shape index (κ3) is 1.94. The van der Waals surface area contributed by atoms with E-state index in [0.717, 1.165) is 11.9 Å². The lowest BCUT2D eigenvalue weighted by atomic mass is 9.71. The summed E-state index contributed by atoms with van der Waals surface area (Å²) in [4.78, 5) is 4.44. The van der Waals surface area contributed by atoms with E-state index in [1.54, 1.807) is 0 Å². The molecule has 0 bridgehead atoms. The lowest BCUT2D eigenvalue weighted by molar-refractivity contribution is 0.421. The quantitative estimate of drug-likeness (QED) is 0.570. The maximum atomic E-state index is 5.89. The van der Waals surface area contributed by atoms with Crippen LogP contribution in [0.3, 0.4) is 0 Å². The van der Waals surface area contributed by atoms with Crippen LogP contribution < -0.4 is 11.3 Å². The smallest absolute Gasteiger partial charge is 0.0705 e. The predicted octanol–water partition coefficient (Wildman–Crippen LogP) is 3.08. The van der Waals surface area contributed by atoms with E-state index in [4.69, 9.17) is 5.84 Å². The van der Waals surface area contributed by atoms with Gasteiger partial charge >= 0.3 is 0 Å². The molecule has 1 heterocycles. The lowest BCUT2D eigenvalue weighted by Gasteiger charge is -2.36. The summed E-state index contributed by atoms with van der Waals surface area (Å²) < 4.78 is 0. The molecule has 0 fully saturated rings. The van der Waals surface area contributed by atoms with Crippen molar-refractivity contribution in [3.63, 3.8) is 0 Å². The zero-order valence-electron chi connectivity index (χ0n) is 11.7. The molecule has 0 radical (unpaired) electrons. The van der Waals surface area contributed by atoms with Crippen LogP contribution in [0.25, 0.3) is 10.9 Å². The zero-order chi connectivity index (χ0) is 14.2. The van der Waals surface area contributed by atoms with Gasteiger partial charge in [0.15, 0.2) is 0 Å². The predicted molar refractivity (Wildman–Crippen MR) is 84.7 cm³/mol. The van der Waals surface area contributed by atoms with Gasteiger partial charge in [0, 0.05) is 17.5 Å². The molecule has 3 aromatic rings. The van der Waals surface area contributed by atoms with Gasteiger partial charge < -0.3 is 0 Å². The monoisotopic (exact) mass is 275 g/mol. The van der Waals surface area contributed by atoms with Gasteiger partial charge in [0.1, 0.15) is 0 Å². The highest BCUT2D eigenvalue weighted by atomic mass is 15.2. The van der Waals surface area contributed by atoms with Crippen molar-refractivity contribution >= 4 is 10.9 Å². The third-order valence-electron chi connectivity index (χ3n) is 4.49. The summed E-state index contributed by atoms with van der Waals surface area (Å²) in [5, 5.41) is 1.17. The zero-order valence-corrected chi connectivity index (χ0v) is 11.7. The number of nitrogens with zero attached hydrogens (tertiary/aromatic N) is 1. The average Bonchev–Trinajstić information content (AvgIpc) is 2.52. The van der Waals surface area contributed by atoms with Crippen LogP contribution in [0.2, 0.25) is 0 Å². The molecule has 3 nitrogen and oxygen atoms in total. The summed E-state index contributed by atoms with van der Waals surface area (Å²) in [6, 6.07) is 19.1. The van der Waals surface area contributed by atoms with E-state index in [0.29, 0.717) is 5.92 Å². The Morgan fingerprint density at radius 1 is 1.05 bits per heavy atom. The second-order valence-corrected chi connectivity index (χ2v) is 5.57. The fourth-order valence-electron chi connectivity index (χ4n) is 3.42. The van der Waals surface area contributed by atoms with Gasteiger partial charge in [-0.1, -0.05) is 42.5 Å². The molecule has 3 N–H and O–H groups in total. The summed E-state index contributed by atoms with van der Waals surface area (Å²) in [5.74, 6) is 6.32. The van der Waals surface area contributed by atoms with Crippen LogP contribution in [0.15, 0.2) is 60.8 Å². The molecule has 1 aliphatic rings. The Balaban J connectivity index is 1.80. The summed E-state index contributed by atoms with van der Waals surface area (Å²) in [7, 11) is 0. The topological polar surface area (TPSA) is 50.9 Å². The van der Waals surface area contributed by atoms with Crippen LogP contribution in [-0.4, -0.2) is 4.98 Å². The molecule has 104 valence electrons. The fraction of sp³-hybridized carbons (Fsp3) is 0.167. The first kappa shape index (κ1) is 12.5. The number of rotatable bonds is 3. The average molecular weight is 275 g/mol. The van der Waals surface area contributed by atoms with Crippen LogP contribution in [-0.2, 0) is 6.42 Å². The van der Waals surface area contributed by atoms with Gasteiger partial charge in [-0.25, -0.2) is 0 Å². The van der Waals surface area contributed by atoms with Gasteiger partial charge in [0.25, 0.3) is 0 Å². The number of hydrogen-bond acceptors (Lipinski definition) is 3. The number of hydrazine groups is 1. The largest absolute Gasteiger partial charge is 0.271 e. The van der Waals surface area contributed by atoms with Gasteiger partial charge in [-0.2, -0.15) is 0 Å². The first-order valence-corrected chi connectivity index (χ1v) is 7.26. The molecule has 0 aliphatic heterocycles. The Kier molecular flexibility index (Phi) is 2.95. The Morgan fingerprint density at radius 3 is 2.81 bits per heavy atom. The second kappa shape index (κ2) is 4.95. The lowest BCUT2D eigenvalue weighted by Crippen LogP contribution is -2.37. The minimum Gasteiger partial charge on any atom is -0.271 e. The molecular formula is C18H17N3. The number of pyridine rings is 1. The maximum Gasteiger partial charge on any atom is 0.0705 e. The van der Waals surface area contributed by atoms with Crippen LogP contribution in [0, 0.1) is 0 Å². The SMILES string of the molecule is NNC(c1cccc2ncccc12)C1Cc2ccccc21. The standard InChI is InChI=1S/C18H17N3/c19-21-18(16-11-12-5-1-2-6-13(12)16)15-7-3-9-17-14(15)8-4-10-20-17/h1-10,16,18,21H,11,19H2. The van der Waals surface area contributed by atoms with Crippen molar-refractivity contribution < 1.29 is 0 Å². The van der Waals surface area contributed by atoms with E-state index < -0.39 is 0 Å². The molecule has 1 aliphatic carbocycles. The van der Waals surface area contributed by atoms with E-state index in [1.807, 2.05) is 18.3 Å². The number of nitrogens with two attached hydrogens (primary N) is 1. The maximum absolute atomic E-state index is 5.89. The van der Waals surface area contributed by atoms with E-state index >= 15 is 0 Å². The summed E-state index contributed by atoms with van der Waals surface area (Å²) in [6.45, 7) is 0. The molecule has 2 atom stereocenters. The normalized spacial score (nSPS) is 18.0. The van der Waals surface area contributed by atoms with Crippen LogP contribution in [0.4, 0.5) is 0 Å². The number of hydrogen-bond donors (Lipinski definition) is 2. The number of nitrogens with one attached hydrogen (secondary N) is 1. The van der Waals surface area contributed by atoms with E-state index in [9.17, 15) is 0 Å².